The van der Waals surface area contributed by atoms with Gasteiger partial charge in [-0.3, -0.25) is 24.4 Å². The van der Waals surface area contributed by atoms with Crippen molar-refractivity contribution in [1.29, 1.82) is 0 Å². The SMILES string of the molecule is CCC(=O)N1CCc2cc(-c3ccc(C(=O)N(C)Cc4cccnc4)cc3)ccc21.CCC(=O)N1CCc2cc(-c3ccc(C(=O)O)cc3)ccc21.CCCc1cccnc1. The van der Waals surface area contributed by atoms with E-state index in [4.69, 9.17) is 5.11 Å². The molecule has 0 radical (unpaired) electrons. The van der Waals surface area contributed by atoms with Crippen LogP contribution in [0.1, 0.15) is 83.0 Å². The van der Waals surface area contributed by atoms with Gasteiger partial charge in [-0.2, -0.15) is 0 Å². The van der Waals surface area contributed by atoms with Crippen LogP contribution in [0.4, 0.5) is 11.4 Å². The van der Waals surface area contributed by atoms with Crippen molar-refractivity contribution in [3.63, 3.8) is 0 Å². The molecule has 0 aliphatic carbocycles. The number of aryl methyl sites for hydroxylation is 1. The summed E-state index contributed by atoms with van der Waals surface area (Å²) in [4.78, 5) is 61.1. The molecule has 312 valence electrons. The summed E-state index contributed by atoms with van der Waals surface area (Å²) in [6.07, 6.45) is 12.3. The van der Waals surface area contributed by atoms with E-state index in [-0.39, 0.29) is 23.3 Å². The van der Waals surface area contributed by atoms with E-state index in [1.807, 2.05) is 109 Å². The zero-order valence-corrected chi connectivity index (χ0v) is 35.4. The van der Waals surface area contributed by atoms with Gasteiger partial charge in [0.05, 0.1) is 5.56 Å². The molecule has 0 unspecified atom stereocenters. The first-order chi connectivity index (χ1) is 29.6. The molecule has 8 rings (SSSR count). The van der Waals surface area contributed by atoms with Crippen LogP contribution in [0.5, 0.6) is 0 Å². The maximum absolute atomic E-state index is 12.7. The molecule has 61 heavy (non-hydrogen) atoms. The average Bonchev–Trinajstić information content (AvgIpc) is 3.94. The van der Waals surface area contributed by atoms with Crippen molar-refractivity contribution in [3.05, 3.63) is 167 Å². The number of aromatic nitrogens is 2. The molecule has 4 aromatic carbocycles. The third kappa shape index (κ3) is 11.0. The van der Waals surface area contributed by atoms with Crippen LogP contribution in [0.15, 0.2) is 134 Å². The molecule has 2 aliphatic heterocycles. The summed E-state index contributed by atoms with van der Waals surface area (Å²) in [7, 11) is 1.80. The Hall–Kier alpha value is -6.94. The van der Waals surface area contributed by atoms with Crippen LogP contribution in [0.3, 0.4) is 0 Å². The third-order valence-corrected chi connectivity index (χ3v) is 10.8. The number of nitrogens with zero attached hydrogens (tertiary/aromatic N) is 5. The van der Waals surface area contributed by atoms with Crippen LogP contribution in [-0.4, -0.2) is 63.8 Å². The van der Waals surface area contributed by atoms with Crippen LogP contribution in [0, 0.1) is 0 Å². The van der Waals surface area contributed by atoms with Crippen molar-refractivity contribution < 1.29 is 24.3 Å². The van der Waals surface area contributed by atoms with E-state index in [1.165, 1.54) is 23.1 Å². The minimum Gasteiger partial charge on any atom is -0.478 e. The van der Waals surface area contributed by atoms with Crippen LogP contribution in [-0.2, 0) is 35.4 Å². The molecule has 6 aromatic rings. The van der Waals surface area contributed by atoms with Crippen molar-refractivity contribution in [2.45, 2.75) is 65.8 Å². The first-order valence-electron chi connectivity index (χ1n) is 20.9. The molecule has 2 aromatic heterocycles. The number of anilines is 2. The van der Waals surface area contributed by atoms with Crippen molar-refractivity contribution in [3.8, 4) is 22.3 Å². The lowest BCUT2D eigenvalue weighted by Gasteiger charge is -2.18. The van der Waals surface area contributed by atoms with Gasteiger partial charge in [-0.25, -0.2) is 4.79 Å². The van der Waals surface area contributed by atoms with Crippen molar-refractivity contribution in [2.75, 3.05) is 29.9 Å². The lowest BCUT2D eigenvalue weighted by molar-refractivity contribution is -0.119. The van der Waals surface area contributed by atoms with Crippen molar-refractivity contribution in [1.82, 2.24) is 14.9 Å². The predicted octanol–water partition coefficient (Wildman–Crippen LogP) is 9.70. The number of pyridine rings is 2. The largest absolute Gasteiger partial charge is 0.478 e. The number of amides is 3. The number of fused-ring (bicyclic) bond motifs is 2. The second kappa shape index (κ2) is 20.8. The van der Waals surface area contributed by atoms with Gasteiger partial charge >= 0.3 is 5.97 Å². The van der Waals surface area contributed by atoms with Gasteiger partial charge in [0.1, 0.15) is 0 Å². The molecule has 4 heterocycles. The number of hydrogen-bond acceptors (Lipinski definition) is 6. The van der Waals surface area contributed by atoms with E-state index in [9.17, 15) is 19.2 Å². The standard InChI is InChI=1S/C25H25N3O2.C18H17NO3.C8H11N/c1-3-24(29)28-14-12-22-15-21(10-11-23(22)28)19-6-8-20(9-7-19)25(30)27(2)17-18-5-4-13-26-16-18;1-2-17(20)19-10-9-15-11-14(7-8-16(15)19)12-3-5-13(6-4-12)18(21)22;1-2-4-8-5-3-6-9-7-8/h4-11,13,15-16H,3,12,14,17H2,1-2H3;3-8,11H,2,9-10H2,1H3,(H,21,22);3,5-7H,2,4H2,1H3. The smallest absolute Gasteiger partial charge is 0.335 e. The Kier molecular flexibility index (Phi) is 14.9. The molecule has 1 N–H and O–H groups in total. The first kappa shape index (κ1) is 43.6. The fraction of sp³-hybridized carbons (Fsp3) is 0.255. The Labute approximate surface area is 358 Å². The highest BCUT2D eigenvalue weighted by Crippen LogP contribution is 2.34. The summed E-state index contributed by atoms with van der Waals surface area (Å²) in [5.74, 6) is -0.626. The molecule has 10 nitrogen and oxygen atoms in total. The quantitative estimate of drug-likeness (QED) is 0.146. The Morgan fingerprint density at radius 3 is 1.49 bits per heavy atom. The minimum absolute atomic E-state index is 0.0203. The lowest BCUT2D eigenvalue weighted by atomic mass is 10.0. The second-order valence-corrected chi connectivity index (χ2v) is 15.1. The zero-order valence-electron chi connectivity index (χ0n) is 35.4. The molecule has 0 fully saturated rings. The molecule has 0 bridgehead atoms. The van der Waals surface area contributed by atoms with E-state index >= 15 is 0 Å². The number of hydrogen-bond donors (Lipinski definition) is 1. The average molecular weight is 816 g/mol. The van der Waals surface area contributed by atoms with Gasteiger partial charge < -0.3 is 19.8 Å². The van der Waals surface area contributed by atoms with E-state index in [0.29, 0.717) is 24.9 Å². The molecule has 0 saturated carbocycles. The molecule has 0 saturated heterocycles. The monoisotopic (exact) mass is 815 g/mol. The van der Waals surface area contributed by atoms with Crippen LogP contribution >= 0.6 is 0 Å². The maximum Gasteiger partial charge on any atom is 0.335 e. The lowest BCUT2D eigenvalue weighted by Crippen LogP contribution is -2.27. The molecule has 2 aliphatic rings. The van der Waals surface area contributed by atoms with Gasteiger partial charge in [0, 0.05) is 81.2 Å². The minimum atomic E-state index is -0.922. The highest BCUT2D eigenvalue weighted by atomic mass is 16.4. The van der Waals surface area contributed by atoms with Crippen LogP contribution in [0.2, 0.25) is 0 Å². The van der Waals surface area contributed by atoms with E-state index < -0.39 is 5.97 Å². The summed E-state index contributed by atoms with van der Waals surface area (Å²) < 4.78 is 0. The second-order valence-electron chi connectivity index (χ2n) is 15.1. The van der Waals surface area contributed by atoms with E-state index in [0.717, 1.165) is 71.5 Å². The Morgan fingerprint density at radius 1 is 0.607 bits per heavy atom. The topological polar surface area (TPSA) is 124 Å². The molecular formula is C51H53N5O5. The molecule has 0 spiro atoms. The van der Waals surface area contributed by atoms with E-state index in [1.54, 1.807) is 42.7 Å². The number of carboxylic acid groups (broad SMARTS) is 1. The number of carbonyl (C=O) groups is 4. The van der Waals surface area contributed by atoms with Gasteiger partial charge in [-0.1, -0.05) is 75.7 Å². The van der Waals surface area contributed by atoms with Crippen LogP contribution in [0.25, 0.3) is 22.3 Å². The van der Waals surface area contributed by atoms with Crippen molar-refractivity contribution >= 4 is 35.1 Å². The van der Waals surface area contributed by atoms with Gasteiger partial charge in [0.2, 0.25) is 11.8 Å². The number of aromatic carboxylic acids is 1. The first-order valence-corrected chi connectivity index (χ1v) is 20.9. The fourth-order valence-corrected chi connectivity index (χ4v) is 7.57. The van der Waals surface area contributed by atoms with Gasteiger partial charge in [-0.05, 0) is 124 Å². The number of carboxylic acids is 1. The maximum atomic E-state index is 12.7. The Bertz CT molecular complexity index is 2440. The normalized spacial score (nSPS) is 12.3. The number of benzene rings is 4. The van der Waals surface area contributed by atoms with Crippen LogP contribution < -0.4 is 9.80 Å². The summed E-state index contributed by atoms with van der Waals surface area (Å²) in [5, 5.41) is 8.94. The fourth-order valence-electron chi connectivity index (χ4n) is 7.57. The highest BCUT2D eigenvalue weighted by molar-refractivity contribution is 5.97. The zero-order chi connectivity index (χ0) is 43.3. The van der Waals surface area contributed by atoms with E-state index in [2.05, 4.69) is 35.1 Å². The molecule has 3 amide bonds. The van der Waals surface area contributed by atoms with Gasteiger partial charge in [0.25, 0.3) is 5.91 Å². The van der Waals surface area contributed by atoms with Crippen molar-refractivity contribution in [2.24, 2.45) is 0 Å². The Morgan fingerprint density at radius 2 is 1.07 bits per heavy atom. The predicted molar refractivity (Wildman–Crippen MR) is 242 cm³/mol. The molecular weight excluding hydrogens is 763 g/mol. The van der Waals surface area contributed by atoms with Gasteiger partial charge in [-0.15, -0.1) is 0 Å². The summed E-state index contributed by atoms with van der Waals surface area (Å²) in [6, 6.07) is 34.8. The summed E-state index contributed by atoms with van der Waals surface area (Å²) in [5.41, 5.74) is 11.8. The third-order valence-electron chi connectivity index (χ3n) is 10.8. The molecule has 0 atom stereocenters. The number of rotatable bonds is 10. The summed E-state index contributed by atoms with van der Waals surface area (Å²) >= 11 is 0. The highest BCUT2D eigenvalue weighted by Gasteiger charge is 2.25. The summed E-state index contributed by atoms with van der Waals surface area (Å²) in [6.45, 7) is 7.95. The molecule has 10 heteroatoms. The Balaban J connectivity index is 0.000000175. The number of carbonyl (C=O) groups excluding carboxylic acids is 3. The van der Waals surface area contributed by atoms with Gasteiger partial charge in [0.15, 0.2) is 0 Å².